The number of rotatable bonds is 5. The second-order valence-electron chi connectivity index (χ2n) is 33.0. The maximum atomic E-state index is 13.1. The fraction of sp³-hybridized carbons (Fsp3) is 0.214. The zero-order valence-corrected chi connectivity index (χ0v) is 69.5. The Morgan fingerprint density at radius 2 is 0.885 bits per heavy atom. The molecule has 0 N–H and O–H groups in total. The predicted molar refractivity (Wildman–Crippen MR) is 476 cm³/mol. The first kappa shape index (κ1) is 82.0. The van der Waals surface area contributed by atoms with Gasteiger partial charge in [-0.1, -0.05) is 179 Å². The van der Waals surface area contributed by atoms with Gasteiger partial charge in [-0.25, -0.2) is 0 Å². The third kappa shape index (κ3) is 14.3. The number of amides is 6. The minimum absolute atomic E-state index is 0.00449. The summed E-state index contributed by atoms with van der Waals surface area (Å²) < 4.78 is 78.8. The first-order chi connectivity index (χ1) is 58.2. The topological polar surface area (TPSA) is 139 Å². The molecular formula is C103H86F6N6O7. The molecular weight excluding hydrogens is 1550 g/mol. The molecule has 19 heteroatoms. The molecule has 7 aliphatic rings. The minimum atomic E-state index is -4.99. The van der Waals surface area contributed by atoms with E-state index in [-0.39, 0.29) is 58.1 Å². The first-order valence-corrected chi connectivity index (χ1v) is 40.5. The monoisotopic (exact) mass is 1630 g/mol. The van der Waals surface area contributed by atoms with Crippen molar-refractivity contribution < 1.29 is 59.9 Å². The number of anilines is 7. The van der Waals surface area contributed by atoms with Crippen LogP contribution in [0.5, 0.6) is 0 Å². The Hall–Kier alpha value is -13.7. The van der Waals surface area contributed by atoms with Crippen molar-refractivity contribution in [1.29, 1.82) is 0 Å². The van der Waals surface area contributed by atoms with Crippen molar-refractivity contribution in [3.63, 3.8) is 0 Å². The van der Waals surface area contributed by atoms with E-state index in [2.05, 4.69) is 107 Å². The molecule has 6 aliphatic heterocycles. The first-order valence-electron chi connectivity index (χ1n) is 40.5. The molecule has 0 bridgehead atoms. The molecule has 0 unspecified atom stereocenters. The molecule has 0 radical (unpaired) electrons. The van der Waals surface area contributed by atoms with Crippen LogP contribution < -0.4 is 29.4 Å². The Balaban J connectivity index is 0.000000109. The van der Waals surface area contributed by atoms with Crippen LogP contribution in [0.4, 0.5) is 66.2 Å². The van der Waals surface area contributed by atoms with E-state index in [4.69, 9.17) is 0 Å². The summed E-state index contributed by atoms with van der Waals surface area (Å²) >= 11 is 0. The maximum absolute atomic E-state index is 13.1. The molecule has 1 aliphatic carbocycles. The Kier molecular flexibility index (Phi) is 21.1. The summed E-state index contributed by atoms with van der Waals surface area (Å²) in [6, 6.07) is 66.9. The number of hydrogen-bond acceptors (Lipinski definition) is 7. The van der Waals surface area contributed by atoms with E-state index in [1.54, 1.807) is 50.8 Å². The molecule has 13 nitrogen and oxygen atoms in total. The van der Waals surface area contributed by atoms with Gasteiger partial charge in [0.2, 0.25) is 0 Å². The van der Waals surface area contributed by atoms with E-state index in [1.807, 2.05) is 156 Å². The Morgan fingerprint density at radius 3 is 1.46 bits per heavy atom. The van der Waals surface area contributed by atoms with Crippen LogP contribution in [0.15, 0.2) is 224 Å². The quantitative estimate of drug-likeness (QED) is 0.0950. The van der Waals surface area contributed by atoms with Crippen LogP contribution in [0.1, 0.15) is 195 Å². The molecule has 0 atom stereocenters. The van der Waals surface area contributed by atoms with Crippen LogP contribution in [0.25, 0.3) is 64.6 Å². The predicted octanol–water partition coefficient (Wildman–Crippen LogP) is 24.7. The van der Waals surface area contributed by atoms with Crippen LogP contribution in [0, 0.1) is 32.6 Å². The highest BCUT2D eigenvalue weighted by Gasteiger charge is 2.41. The number of carbonyl (C=O) groups is 7. The molecule has 1 saturated carbocycles. The average molecular weight is 1630 g/mol. The van der Waals surface area contributed by atoms with E-state index in [0.29, 0.717) is 46.5 Å². The third-order valence-corrected chi connectivity index (χ3v) is 24.5. The molecule has 0 saturated heterocycles. The zero-order chi connectivity index (χ0) is 86.6. The second kappa shape index (κ2) is 31.4. The number of alkyl halides is 6. The fourth-order valence-electron chi connectivity index (χ4n) is 18.1. The molecule has 14 aromatic rings. The summed E-state index contributed by atoms with van der Waals surface area (Å²) in [5, 5.41) is 12.0. The van der Waals surface area contributed by atoms with Crippen LogP contribution in [-0.4, -0.2) is 69.4 Å². The highest BCUT2D eigenvalue weighted by molar-refractivity contribution is 6.31. The van der Waals surface area contributed by atoms with Crippen LogP contribution in [-0.2, 0) is 24.3 Å². The molecule has 612 valence electrons. The largest absolute Gasteiger partial charge is 0.416 e. The van der Waals surface area contributed by atoms with E-state index in [9.17, 15) is 59.9 Å². The van der Waals surface area contributed by atoms with Crippen molar-refractivity contribution in [3.05, 3.63) is 313 Å². The Morgan fingerprint density at radius 1 is 0.410 bits per heavy atom. The number of nitrogens with zero attached hydrogens (tertiary/aromatic N) is 6. The lowest BCUT2D eigenvalue weighted by molar-refractivity contribution is -0.143. The molecule has 0 spiro atoms. The normalized spacial score (nSPS) is 14.6. The van der Waals surface area contributed by atoms with Crippen molar-refractivity contribution in [2.45, 2.75) is 118 Å². The van der Waals surface area contributed by atoms with Gasteiger partial charge in [-0.2, -0.15) is 26.3 Å². The van der Waals surface area contributed by atoms with Gasteiger partial charge in [0.1, 0.15) is 0 Å². The van der Waals surface area contributed by atoms with Gasteiger partial charge >= 0.3 is 12.4 Å². The van der Waals surface area contributed by atoms with Gasteiger partial charge in [0.25, 0.3) is 35.4 Å². The van der Waals surface area contributed by atoms with Crippen LogP contribution in [0.3, 0.4) is 0 Å². The lowest BCUT2D eigenvalue weighted by atomic mass is 9.81. The van der Waals surface area contributed by atoms with Gasteiger partial charge in [-0.05, 0) is 210 Å². The summed E-state index contributed by atoms with van der Waals surface area (Å²) in [7, 11) is 7.40. The van der Waals surface area contributed by atoms with Crippen LogP contribution >= 0.6 is 0 Å². The smallest absolute Gasteiger partial charge is 0.311 e. The van der Waals surface area contributed by atoms with Gasteiger partial charge in [-0.3, -0.25) is 38.5 Å². The van der Waals surface area contributed by atoms with Gasteiger partial charge in [0.05, 0.1) is 68.6 Å². The van der Waals surface area contributed by atoms with E-state index >= 15 is 0 Å². The third-order valence-electron chi connectivity index (χ3n) is 24.5. The summed E-state index contributed by atoms with van der Waals surface area (Å²) in [6.45, 7) is 16.8. The van der Waals surface area contributed by atoms with Crippen molar-refractivity contribution >= 4 is 146 Å². The van der Waals surface area contributed by atoms with Crippen molar-refractivity contribution in [2.24, 2.45) is 0 Å². The number of aryl methyl sites for hydroxylation is 3. The molecule has 122 heavy (non-hydrogen) atoms. The maximum Gasteiger partial charge on any atom is 0.416 e. The van der Waals surface area contributed by atoms with Crippen molar-refractivity contribution in [3.8, 4) is 11.8 Å². The fourth-order valence-corrected chi connectivity index (χ4v) is 18.1. The van der Waals surface area contributed by atoms with Gasteiger partial charge < -0.3 is 24.5 Å². The minimum Gasteiger partial charge on any atom is -0.311 e. The molecule has 21 rings (SSSR count). The van der Waals surface area contributed by atoms with Crippen LogP contribution in [0.2, 0.25) is 0 Å². The molecule has 6 heterocycles. The number of benzene rings is 14. The highest BCUT2D eigenvalue weighted by Crippen LogP contribution is 2.50. The lowest BCUT2D eigenvalue weighted by Crippen LogP contribution is -2.25. The van der Waals surface area contributed by atoms with Gasteiger partial charge in [-0.15, -0.1) is 5.92 Å². The lowest BCUT2D eigenvalue weighted by Gasteiger charge is -2.23. The number of Topliss-reactive ketones (excluding diaryl/α,β-unsaturated/α-hetero) is 1. The standard InChI is InChI=1S/C20H15NO2.C19H9F6NO.C18H19NO.C16H17NO.C16H13NO.C14H13NO/c1-13(22)15-10-11-18-19-16(15)8-5-9-17(19)20(23)21(18)12-14-6-3-2-4-7-14;20-18(21,22)11-7-12(19(23,24)25)9-13(8-11)26-15-6-2-4-10-3-1-5-14(16(10)15)17(26)27;1-19-15-9-5-8-13-10-11-14(12-6-3-2-4-7-12)17(16(13)15)18(19)20;1-16(2,3)11-8-10-6-5-7-12-14(10)13(9-11)17(4)15(12)18;1-4-6-11-10(2)9-14-15-12(11)7-5-8-13(15)16(18)17(14)3;1-8-7-12-13-10(9(8)2)5-4-6-11(13)14(16)15(12)3/h2-11H,12H2,1H3;1-9H;5,8-12H,2-4,6-7H2,1H3;5-9H,1-4H3;5,7-9H,1-3H3;4-7H,1-3H3. The number of halogens is 6. The SMILES string of the molecule is CC#Cc1c(C)cc2c3c(cccc13)C(=O)N2C.CC(=O)c1ccc2c3c(cccc13)C(=O)N2Cc1ccccc1.CN1C(=O)c2c(C3CCCCC3)ccc3cccc1c23.CN1C(=O)c2cccc3cc(C(C)(C)C)cc1c23.Cc1cc2c3c(cccc3c1C)C(=O)N2C.O=C1c2cccc3cccc(c23)N1c1cc(C(F)(F)F)cc(C(F)(F)F)c1. The van der Waals surface area contributed by atoms with E-state index in [0.717, 1.165) is 110 Å². The van der Waals surface area contributed by atoms with E-state index in [1.165, 1.54) is 82.6 Å². The molecule has 0 aromatic heterocycles. The Labute approximate surface area is 702 Å². The van der Waals surface area contributed by atoms with E-state index < -0.39 is 35.1 Å². The molecule has 6 amide bonds. The van der Waals surface area contributed by atoms with Crippen molar-refractivity contribution in [1.82, 2.24) is 0 Å². The molecule has 1 fully saturated rings. The summed E-state index contributed by atoms with van der Waals surface area (Å²) in [5.41, 5.74) is 15.2. The van der Waals surface area contributed by atoms with Gasteiger partial charge in [0.15, 0.2) is 5.78 Å². The average Bonchev–Trinajstić information content (AvgIpc) is 1.66. The summed E-state index contributed by atoms with van der Waals surface area (Å²) in [6.07, 6.45) is -3.56. The zero-order valence-electron chi connectivity index (χ0n) is 69.5. The molecule has 14 aromatic carbocycles. The summed E-state index contributed by atoms with van der Waals surface area (Å²) in [4.78, 5) is 96.1. The Bertz CT molecular complexity index is 6850. The highest BCUT2D eigenvalue weighted by atomic mass is 19.4. The summed E-state index contributed by atoms with van der Waals surface area (Å²) in [5.74, 6) is 6.46. The van der Waals surface area contributed by atoms with Gasteiger partial charge in [0, 0.05) is 99.3 Å². The second-order valence-corrected chi connectivity index (χ2v) is 33.0. The number of hydrogen-bond donors (Lipinski definition) is 0. The number of ketones is 1. The van der Waals surface area contributed by atoms with Crippen molar-refractivity contribution in [2.75, 3.05) is 57.6 Å². The number of carbonyl (C=O) groups excluding carboxylic acids is 7.